The number of benzene rings is 1. The number of nitrogens with one attached hydrogen (secondary N) is 1. The zero-order chi connectivity index (χ0) is 21.0. The molecule has 0 atom stereocenters. The predicted octanol–water partition coefficient (Wildman–Crippen LogP) is 0.981. The van der Waals surface area contributed by atoms with Gasteiger partial charge in [-0.3, -0.25) is 9.59 Å². The molecule has 0 radical (unpaired) electrons. The molecule has 3 rings (SSSR count). The Bertz CT molecular complexity index is 992. The zero-order valence-corrected chi connectivity index (χ0v) is 16.1. The van der Waals surface area contributed by atoms with Crippen molar-refractivity contribution >= 4 is 23.9 Å². The second-order valence-electron chi connectivity index (χ2n) is 6.38. The maximum absolute atomic E-state index is 11.8. The van der Waals surface area contributed by atoms with E-state index in [4.69, 9.17) is 19.9 Å². The lowest BCUT2D eigenvalue weighted by Gasteiger charge is -2.10. The number of primary amides is 1. The van der Waals surface area contributed by atoms with Crippen LogP contribution in [0.1, 0.15) is 17.0 Å². The van der Waals surface area contributed by atoms with Gasteiger partial charge in [-0.1, -0.05) is 0 Å². The summed E-state index contributed by atoms with van der Waals surface area (Å²) in [5, 5.41) is 2.23. The van der Waals surface area contributed by atoms with E-state index in [1.807, 2.05) is 42.7 Å². The number of aromatic nitrogens is 1. The van der Waals surface area contributed by atoms with Crippen LogP contribution in [0.15, 0.2) is 30.3 Å². The highest BCUT2D eigenvalue weighted by Gasteiger charge is 2.16. The standard InChI is InChI=1S/C20H21N3O6/c1-12-7-14(3-6-20(26)27-10-19(25)22-9-18(21)24)13(2)23(12)15-4-5-16-17(8-15)29-11-28-16/h3-8H,9-11H2,1-2H3,(H2,21,24)(H,22,25)/b6-3+. The Hall–Kier alpha value is -3.75. The fourth-order valence-electron chi connectivity index (χ4n) is 2.96. The van der Waals surface area contributed by atoms with Crippen LogP contribution in [0.4, 0.5) is 0 Å². The van der Waals surface area contributed by atoms with Crippen molar-refractivity contribution in [1.82, 2.24) is 9.88 Å². The number of carbonyl (C=O) groups is 3. The van der Waals surface area contributed by atoms with Crippen molar-refractivity contribution in [1.29, 1.82) is 0 Å². The molecule has 0 unspecified atom stereocenters. The first-order chi connectivity index (χ1) is 13.8. The fourth-order valence-corrected chi connectivity index (χ4v) is 2.96. The summed E-state index contributed by atoms with van der Waals surface area (Å²) in [5.41, 5.74) is 8.55. The lowest BCUT2D eigenvalue weighted by Crippen LogP contribution is -2.35. The van der Waals surface area contributed by atoms with Gasteiger partial charge in [0.2, 0.25) is 12.7 Å². The summed E-state index contributed by atoms with van der Waals surface area (Å²) in [5.74, 6) is -0.565. The number of nitrogens with two attached hydrogens (primary N) is 1. The molecule has 0 fully saturated rings. The molecule has 0 saturated heterocycles. The second-order valence-corrected chi connectivity index (χ2v) is 6.38. The molecular formula is C20H21N3O6. The van der Waals surface area contributed by atoms with Crippen LogP contribution < -0.4 is 20.5 Å². The Morgan fingerprint density at radius 2 is 1.97 bits per heavy atom. The number of rotatable bonds is 7. The van der Waals surface area contributed by atoms with Crippen LogP contribution in [-0.4, -0.2) is 42.3 Å². The van der Waals surface area contributed by atoms with Crippen molar-refractivity contribution in [2.45, 2.75) is 13.8 Å². The van der Waals surface area contributed by atoms with Gasteiger partial charge in [0, 0.05) is 29.2 Å². The van der Waals surface area contributed by atoms with Crippen molar-refractivity contribution in [3.05, 3.63) is 47.3 Å². The van der Waals surface area contributed by atoms with E-state index in [1.54, 1.807) is 6.08 Å². The van der Waals surface area contributed by atoms with E-state index in [0.29, 0.717) is 11.5 Å². The molecule has 0 aliphatic carbocycles. The molecule has 9 heteroatoms. The molecule has 1 aliphatic rings. The third kappa shape index (κ3) is 4.75. The lowest BCUT2D eigenvalue weighted by atomic mass is 10.2. The first-order valence-corrected chi connectivity index (χ1v) is 8.84. The maximum Gasteiger partial charge on any atom is 0.331 e. The minimum absolute atomic E-state index is 0.207. The summed E-state index contributed by atoms with van der Waals surface area (Å²) in [6, 6.07) is 7.62. The molecule has 152 valence electrons. The van der Waals surface area contributed by atoms with Gasteiger partial charge in [0.25, 0.3) is 5.91 Å². The largest absolute Gasteiger partial charge is 0.454 e. The normalized spacial score (nSPS) is 12.2. The van der Waals surface area contributed by atoms with Crippen molar-refractivity contribution in [2.24, 2.45) is 5.73 Å². The van der Waals surface area contributed by atoms with Crippen LogP contribution >= 0.6 is 0 Å². The third-order valence-electron chi connectivity index (χ3n) is 4.29. The van der Waals surface area contributed by atoms with Crippen molar-refractivity contribution < 1.29 is 28.6 Å². The monoisotopic (exact) mass is 399 g/mol. The minimum Gasteiger partial charge on any atom is -0.454 e. The Morgan fingerprint density at radius 3 is 2.72 bits per heavy atom. The quantitative estimate of drug-likeness (QED) is 0.529. The summed E-state index contributed by atoms with van der Waals surface area (Å²) in [6.07, 6.45) is 2.86. The molecule has 2 amide bonds. The number of amides is 2. The zero-order valence-electron chi connectivity index (χ0n) is 16.1. The van der Waals surface area contributed by atoms with Crippen LogP contribution in [0.5, 0.6) is 11.5 Å². The van der Waals surface area contributed by atoms with Crippen LogP contribution in [-0.2, 0) is 19.1 Å². The summed E-state index contributed by atoms with van der Waals surface area (Å²) in [6.45, 7) is 3.29. The summed E-state index contributed by atoms with van der Waals surface area (Å²) in [7, 11) is 0. The molecule has 2 aromatic rings. The maximum atomic E-state index is 11.8. The van der Waals surface area contributed by atoms with Crippen LogP contribution in [0, 0.1) is 13.8 Å². The molecule has 1 aromatic carbocycles. The lowest BCUT2D eigenvalue weighted by molar-refractivity contribution is -0.143. The molecule has 29 heavy (non-hydrogen) atoms. The smallest absolute Gasteiger partial charge is 0.331 e. The first-order valence-electron chi connectivity index (χ1n) is 8.84. The third-order valence-corrected chi connectivity index (χ3v) is 4.29. The van der Waals surface area contributed by atoms with E-state index in [0.717, 1.165) is 22.6 Å². The van der Waals surface area contributed by atoms with E-state index >= 15 is 0 Å². The number of carbonyl (C=O) groups excluding carboxylic acids is 3. The second kappa shape index (κ2) is 8.51. The average Bonchev–Trinajstić information content (AvgIpc) is 3.26. The van der Waals surface area contributed by atoms with Gasteiger partial charge in [-0.15, -0.1) is 0 Å². The van der Waals surface area contributed by atoms with E-state index in [9.17, 15) is 14.4 Å². The Labute approximate surface area is 167 Å². The molecule has 0 saturated carbocycles. The highest BCUT2D eigenvalue weighted by atomic mass is 16.7. The molecule has 1 aromatic heterocycles. The van der Waals surface area contributed by atoms with Crippen molar-refractivity contribution in [3.8, 4) is 17.2 Å². The van der Waals surface area contributed by atoms with Crippen LogP contribution in [0.3, 0.4) is 0 Å². The number of ether oxygens (including phenoxy) is 3. The summed E-state index contributed by atoms with van der Waals surface area (Å²) >= 11 is 0. The number of hydrogen-bond acceptors (Lipinski definition) is 6. The van der Waals surface area contributed by atoms with Gasteiger partial charge >= 0.3 is 5.97 Å². The Balaban J connectivity index is 1.66. The van der Waals surface area contributed by atoms with Gasteiger partial charge in [-0.2, -0.15) is 0 Å². The molecule has 9 nitrogen and oxygen atoms in total. The molecule has 2 heterocycles. The molecule has 1 aliphatic heterocycles. The van der Waals surface area contributed by atoms with E-state index in [-0.39, 0.29) is 13.3 Å². The van der Waals surface area contributed by atoms with Crippen molar-refractivity contribution in [3.63, 3.8) is 0 Å². The fraction of sp³-hybridized carbons (Fsp3) is 0.250. The number of aryl methyl sites for hydroxylation is 1. The van der Waals surface area contributed by atoms with Crippen LogP contribution in [0.25, 0.3) is 11.8 Å². The molecule has 0 spiro atoms. The molecular weight excluding hydrogens is 378 g/mol. The van der Waals surface area contributed by atoms with E-state index < -0.39 is 24.4 Å². The van der Waals surface area contributed by atoms with Gasteiger partial charge in [0.05, 0.1) is 6.54 Å². The van der Waals surface area contributed by atoms with Gasteiger partial charge < -0.3 is 29.8 Å². The number of nitrogens with zero attached hydrogens (tertiary/aromatic N) is 1. The first kappa shape index (κ1) is 20.0. The highest BCUT2D eigenvalue weighted by Crippen LogP contribution is 2.35. The highest BCUT2D eigenvalue weighted by molar-refractivity contribution is 5.90. The number of esters is 1. The van der Waals surface area contributed by atoms with Crippen molar-refractivity contribution in [2.75, 3.05) is 19.9 Å². The topological polar surface area (TPSA) is 122 Å². The van der Waals surface area contributed by atoms with Gasteiger partial charge in [-0.25, -0.2) is 4.79 Å². The molecule has 3 N–H and O–H groups in total. The van der Waals surface area contributed by atoms with Gasteiger partial charge in [0.15, 0.2) is 18.1 Å². The predicted molar refractivity (Wildman–Crippen MR) is 104 cm³/mol. The summed E-state index contributed by atoms with van der Waals surface area (Å²) in [4.78, 5) is 33.9. The average molecular weight is 399 g/mol. The van der Waals surface area contributed by atoms with Gasteiger partial charge in [-0.05, 0) is 43.7 Å². The minimum atomic E-state index is -0.678. The number of fused-ring (bicyclic) bond motifs is 1. The van der Waals surface area contributed by atoms with Crippen LogP contribution in [0.2, 0.25) is 0 Å². The van der Waals surface area contributed by atoms with Gasteiger partial charge in [0.1, 0.15) is 0 Å². The van der Waals surface area contributed by atoms with E-state index in [1.165, 1.54) is 6.08 Å². The Morgan fingerprint density at radius 1 is 1.21 bits per heavy atom. The molecule has 0 bridgehead atoms. The SMILES string of the molecule is Cc1cc(/C=C/C(=O)OCC(=O)NCC(N)=O)c(C)n1-c1ccc2c(c1)OCO2. The van der Waals surface area contributed by atoms with E-state index in [2.05, 4.69) is 5.32 Å². The Kier molecular flexibility index (Phi) is 5.87. The number of hydrogen-bond donors (Lipinski definition) is 2. The summed E-state index contributed by atoms with van der Waals surface area (Å²) < 4.78 is 17.6.